The zero-order chi connectivity index (χ0) is 21.6. The van der Waals surface area contributed by atoms with Gasteiger partial charge in [-0.2, -0.15) is 0 Å². The lowest BCUT2D eigenvalue weighted by Crippen LogP contribution is -2.22. The van der Waals surface area contributed by atoms with E-state index in [1.54, 1.807) is 13.8 Å². The Bertz CT molecular complexity index is 939. The van der Waals surface area contributed by atoms with E-state index in [1.807, 2.05) is 32.0 Å². The third kappa shape index (κ3) is 6.31. The Labute approximate surface area is 169 Å². The molecule has 0 aliphatic rings. The lowest BCUT2D eigenvalue weighted by molar-refractivity contribution is -0.384. The summed E-state index contributed by atoms with van der Waals surface area (Å²) in [5.74, 6) is -0.558. The van der Waals surface area contributed by atoms with Crippen molar-refractivity contribution in [3.63, 3.8) is 0 Å². The van der Waals surface area contributed by atoms with Crippen molar-refractivity contribution in [3.05, 3.63) is 62.7 Å². The summed E-state index contributed by atoms with van der Waals surface area (Å²) >= 11 is 0. The predicted octanol–water partition coefficient (Wildman–Crippen LogP) is 3.78. The Morgan fingerprint density at radius 1 is 1.03 bits per heavy atom. The maximum Gasteiger partial charge on any atom is 0.309 e. The molecule has 154 valence electrons. The third-order valence-electron chi connectivity index (χ3n) is 4.35. The van der Waals surface area contributed by atoms with Gasteiger partial charge in [0.2, 0.25) is 0 Å². The molecule has 0 radical (unpaired) electrons. The van der Waals surface area contributed by atoms with E-state index < -0.39 is 23.4 Å². The van der Waals surface area contributed by atoms with Gasteiger partial charge in [-0.15, -0.1) is 0 Å². The van der Waals surface area contributed by atoms with E-state index in [-0.39, 0.29) is 24.4 Å². The van der Waals surface area contributed by atoms with Crippen molar-refractivity contribution < 1.29 is 24.0 Å². The molecule has 0 bridgehead atoms. The van der Waals surface area contributed by atoms with E-state index in [4.69, 9.17) is 9.47 Å². The molecule has 0 heterocycles. The number of rotatable bonds is 8. The molecule has 0 atom stereocenters. The maximum absolute atomic E-state index is 12.0. The topological polar surface area (TPSA) is 108 Å². The molecule has 0 unspecified atom stereocenters. The molecule has 0 saturated carbocycles. The van der Waals surface area contributed by atoms with E-state index >= 15 is 0 Å². The molecule has 0 aliphatic carbocycles. The fraction of sp³-hybridized carbons (Fsp3) is 0.333. The van der Waals surface area contributed by atoms with Crippen LogP contribution in [-0.4, -0.2) is 30.0 Å². The Morgan fingerprint density at radius 3 is 2.41 bits per heavy atom. The van der Waals surface area contributed by atoms with Gasteiger partial charge in [-0.25, -0.2) is 0 Å². The zero-order valence-corrected chi connectivity index (χ0v) is 16.9. The summed E-state index contributed by atoms with van der Waals surface area (Å²) in [5, 5.41) is 13.6. The average Bonchev–Trinajstić information content (AvgIpc) is 2.65. The van der Waals surface area contributed by atoms with Crippen molar-refractivity contribution in [3.8, 4) is 5.75 Å². The van der Waals surface area contributed by atoms with Crippen molar-refractivity contribution in [1.29, 1.82) is 0 Å². The standard InChI is InChI=1S/C21H24N2O6/c1-13-5-6-14(2)19(9-13)28-8-7-21(25)29-12-20(24)22-17-10-15(3)16(4)11-18(17)23(26)27/h5-6,9-11H,7-8,12H2,1-4H3,(H,22,24). The van der Waals surface area contributed by atoms with Crippen LogP contribution in [0.4, 0.5) is 11.4 Å². The van der Waals surface area contributed by atoms with E-state index in [2.05, 4.69) is 5.32 Å². The minimum Gasteiger partial charge on any atom is -0.493 e. The highest BCUT2D eigenvalue weighted by Gasteiger charge is 2.18. The normalized spacial score (nSPS) is 10.3. The molecule has 0 fully saturated rings. The zero-order valence-electron chi connectivity index (χ0n) is 16.9. The second-order valence-corrected chi connectivity index (χ2v) is 6.79. The van der Waals surface area contributed by atoms with Gasteiger partial charge in [-0.1, -0.05) is 12.1 Å². The Balaban J connectivity index is 1.83. The van der Waals surface area contributed by atoms with Crippen LogP contribution >= 0.6 is 0 Å². The van der Waals surface area contributed by atoms with Crippen LogP contribution in [0.5, 0.6) is 5.75 Å². The van der Waals surface area contributed by atoms with Crippen molar-refractivity contribution in [2.75, 3.05) is 18.5 Å². The summed E-state index contributed by atoms with van der Waals surface area (Å²) in [6.07, 6.45) is -0.0234. The molecule has 8 heteroatoms. The minimum absolute atomic E-state index is 0.0234. The highest BCUT2D eigenvalue weighted by Crippen LogP contribution is 2.27. The van der Waals surface area contributed by atoms with E-state index in [1.165, 1.54) is 12.1 Å². The second-order valence-electron chi connectivity index (χ2n) is 6.79. The number of nitrogens with one attached hydrogen (secondary N) is 1. The van der Waals surface area contributed by atoms with Gasteiger partial charge in [0.15, 0.2) is 6.61 Å². The number of anilines is 1. The number of aryl methyl sites for hydroxylation is 4. The number of nitro benzene ring substituents is 1. The number of benzene rings is 2. The summed E-state index contributed by atoms with van der Waals surface area (Å²) in [6, 6.07) is 8.69. The average molecular weight is 400 g/mol. The van der Waals surface area contributed by atoms with Crippen LogP contribution in [0, 0.1) is 37.8 Å². The van der Waals surface area contributed by atoms with Crippen molar-refractivity contribution in [2.24, 2.45) is 0 Å². The van der Waals surface area contributed by atoms with Crippen LogP contribution in [0.1, 0.15) is 28.7 Å². The van der Waals surface area contributed by atoms with Crippen LogP contribution in [0.25, 0.3) is 0 Å². The molecule has 2 rings (SSSR count). The Hall–Kier alpha value is -3.42. The molecule has 2 aromatic rings. The molecule has 0 spiro atoms. The number of amides is 1. The first-order valence-electron chi connectivity index (χ1n) is 9.08. The number of ether oxygens (including phenoxy) is 2. The van der Waals surface area contributed by atoms with Crippen molar-refractivity contribution >= 4 is 23.3 Å². The maximum atomic E-state index is 12.0. The molecule has 1 amide bonds. The largest absolute Gasteiger partial charge is 0.493 e. The molecule has 1 N–H and O–H groups in total. The van der Waals surface area contributed by atoms with Crippen LogP contribution in [0.15, 0.2) is 30.3 Å². The summed E-state index contributed by atoms with van der Waals surface area (Å²) in [5.41, 5.74) is 3.40. The molecule has 8 nitrogen and oxygen atoms in total. The van der Waals surface area contributed by atoms with Gasteiger partial charge >= 0.3 is 5.97 Å². The van der Waals surface area contributed by atoms with Gasteiger partial charge in [0.05, 0.1) is 18.0 Å². The number of hydrogen-bond donors (Lipinski definition) is 1. The highest BCUT2D eigenvalue weighted by molar-refractivity contribution is 5.95. The smallest absolute Gasteiger partial charge is 0.309 e. The number of nitro groups is 1. The molecule has 2 aromatic carbocycles. The first-order valence-corrected chi connectivity index (χ1v) is 9.08. The summed E-state index contributed by atoms with van der Waals surface area (Å²) in [6.45, 7) is 6.96. The number of esters is 1. The molecule has 0 saturated heterocycles. The second kappa shape index (κ2) is 9.68. The van der Waals surface area contributed by atoms with Crippen LogP contribution in [-0.2, 0) is 14.3 Å². The van der Waals surface area contributed by atoms with Crippen LogP contribution in [0.3, 0.4) is 0 Å². The van der Waals surface area contributed by atoms with Gasteiger partial charge in [0.25, 0.3) is 11.6 Å². The van der Waals surface area contributed by atoms with Gasteiger partial charge in [-0.3, -0.25) is 19.7 Å². The van der Waals surface area contributed by atoms with E-state index in [0.717, 1.165) is 22.3 Å². The van der Waals surface area contributed by atoms with Gasteiger partial charge in [0, 0.05) is 6.07 Å². The van der Waals surface area contributed by atoms with E-state index in [9.17, 15) is 19.7 Å². The van der Waals surface area contributed by atoms with E-state index in [0.29, 0.717) is 5.75 Å². The van der Waals surface area contributed by atoms with Crippen molar-refractivity contribution in [2.45, 2.75) is 34.1 Å². The molecular formula is C21H24N2O6. The number of nitrogens with zero attached hydrogens (tertiary/aromatic N) is 1. The lowest BCUT2D eigenvalue weighted by atomic mass is 10.1. The number of carbonyl (C=O) groups excluding carboxylic acids is 2. The molecular weight excluding hydrogens is 376 g/mol. The van der Waals surface area contributed by atoms with Gasteiger partial charge < -0.3 is 14.8 Å². The fourth-order valence-electron chi connectivity index (χ4n) is 2.56. The van der Waals surface area contributed by atoms with Crippen molar-refractivity contribution in [1.82, 2.24) is 0 Å². The third-order valence-corrected chi connectivity index (χ3v) is 4.35. The SMILES string of the molecule is Cc1ccc(C)c(OCCC(=O)OCC(=O)Nc2cc(C)c(C)cc2[N+](=O)[O-])c1. The van der Waals surface area contributed by atoms with Gasteiger partial charge in [0.1, 0.15) is 11.4 Å². The first kappa shape index (κ1) is 21.9. The fourth-order valence-corrected chi connectivity index (χ4v) is 2.56. The predicted molar refractivity (Wildman–Crippen MR) is 108 cm³/mol. The quantitative estimate of drug-likeness (QED) is 0.410. The lowest BCUT2D eigenvalue weighted by Gasteiger charge is -2.11. The summed E-state index contributed by atoms with van der Waals surface area (Å²) in [7, 11) is 0. The van der Waals surface area contributed by atoms with Crippen LogP contribution < -0.4 is 10.1 Å². The van der Waals surface area contributed by atoms with Gasteiger partial charge in [-0.05, 0) is 62.1 Å². The van der Waals surface area contributed by atoms with Crippen LogP contribution in [0.2, 0.25) is 0 Å². The number of carbonyl (C=O) groups is 2. The number of hydrogen-bond acceptors (Lipinski definition) is 6. The monoisotopic (exact) mass is 400 g/mol. The minimum atomic E-state index is -0.653. The Kier molecular flexibility index (Phi) is 7.30. The Morgan fingerprint density at radius 2 is 1.72 bits per heavy atom. The summed E-state index contributed by atoms with van der Waals surface area (Å²) in [4.78, 5) is 34.4. The molecule has 0 aromatic heterocycles. The summed E-state index contributed by atoms with van der Waals surface area (Å²) < 4.78 is 10.5. The first-order chi connectivity index (χ1) is 13.7. The molecule has 29 heavy (non-hydrogen) atoms. The highest BCUT2D eigenvalue weighted by atomic mass is 16.6. The molecule has 0 aliphatic heterocycles.